The van der Waals surface area contributed by atoms with Gasteiger partial charge in [0.05, 0.1) is 22.4 Å². The molecule has 3 amide bonds. The van der Waals surface area contributed by atoms with Crippen LogP contribution in [0.2, 0.25) is 0 Å². The van der Waals surface area contributed by atoms with Gasteiger partial charge in [0.1, 0.15) is 13.2 Å². The van der Waals surface area contributed by atoms with E-state index in [0.717, 1.165) is 4.90 Å². The van der Waals surface area contributed by atoms with E-state index in [2.05, 4.69) is 5.32 Å². The summed E-state index contributed by atoms with van der Waals surface area (Å²) in [6.07, 6.45) is -1.08. The molecule has 176 valence electrons. The van der Waals surface area contributed by atoms with E-state index in [0.29, 0.717) is 47.2 Å². The van der Waals surface area contributed by atoms with Crippen molar-refractivity contribution in [1.82, 2.24) is 0 Å². The van der Waals surface area contributed by atoms with Gasteiger partial charge in [0.15, 0.2) is 17.6 Å². The summed E-state index contributed by atoms with van der Waals surface area (Å²) in [6, 6.07) is 17.4. The molecule has 0 saturated carbocycles. The van der Waals surface area contributed by atoms with Gasteiger partial charge in [-0.05, 0) is 55.5 Å². The Balaban J connectivity index is 1.22. The van der Waals surface area contributed by atoms with Gasteiger partial charge in [0.25, 0.3) is 17.7 Å². The Morgan fingerprint density at radius 2 is 1.51 bits per heavy atom. The normalized spacial score (nSPS) is 14.8. The zero-order valence-corrected chi connectivity index (χ0v) is 18.6. The maximum absolute atomic E-state index is 12.6. The molecule has 1 atom stereocenters. The summed E-state index contributed by atoms with van der Waals surface area (Å²) in [6.45, 7) is 2.34. The molecule has 0 radical (unpaired) electrons. The molecule has 0 unspecified atom stereocenters. The maximum atomic E-state index is 12.6. The summed E-state index contributed by atoms with van der Waals surface area (Å²) in [5, 5.41) is 2.68. The summed E-state index contributed by atoms with van der Waals surface area (Å²) in [5.74, 6) is -0.965. The predicted octanol–water partition coefficient (Wildman–Crippen LogP) is 3.44. The van der Waals surface area contributed by atoms with E-state index in [-0.39, 0.29) is 5.56 Å². The van der Waals surface area contributed by atoms with Crippen LogP contribution in [-0.2, 0) is 9.53 Å². The van der Waals surface area contributed by atoms with Crippen LogP contribution < -0.4 is 19.7 Å². The first-order valence-electron chi connectivity index (χ1n) is 10.9. The van der Waals surface area contributed by atoms with Gasteiger partial charge in [-0.1, -0.05) is 12.1 Å². The molecule has 9 nitrogen and oxygen atoms in total. The Labute approximate surface area is 200 Å². The number of nitrogens with one attached hydrogen (secondary N) is 1. The lowest BCUT2D eigenvalue weighted by Gasteiger charge is -2.19. The molecule has 35 heavy (non-hydrogen) atoms. The number of ether oxygens (including phenoxy) is 3. The third kappa shape index (κ3) is 4.19. The number of imide groups is 1. The topological polar surface area (TPSA) is 111 Å². The van der Waals surface area contributed by atoms with Gasteiger partial charge in [0, 0.05) is 11.8 Å². The molecule has 0 spiro atoms. The Kier molecular flexibility index (Phi) is 5.66. The number of carbonyl (C=O) groups is 4. The number of rotatable bonds is 5. The van der Waals surface area contributed by atoms with Crippen molar-refractivity contribution >= 4 is 35.1 Å². The zero-order valence-electron chi connectivity index (χ0n) is 18.6. The van der Waals surface area contributed by atoms with Crippen LogP contribution in [0.15, 0.2) is 66.7 Å². The SMILES string of the molecule is C[C@H](OC(=O)c1ccc(N2C(=O)c3ccccc3C2=O)cc1)C(=O)Nc1ccc2c(c1)OCCO2. The highest BCUT2D eigenvalue weighted by Crippen LogP contribution is 2.33. The standard InChI is InChI=1S/C26H20N2O7/c1-15(23(29)27-17-8-11-21-22(14-17)34-13-12-33-21)35-26(32)16-6-9-18(10-7-16)28-24(30)19-4-2-3-5-20(19)25(28)31/h2-11,14-15H,12-13H2,1H3,(H,27,29)/t15-/m0/s1. The van der Waals surface area contributed by atoms with Crippen LogP contribution >= 0.6 is 0 Å². The second-order valence-electron chi connectivity index (χ2n) is 7.93. The minimum absolute atomic E-state index is 0.171. The first kappa shape index (κ1) is 22.1. The lowest BCUT2D eigenvalue weighted by molar-refractivity contribution is -0.123. The Hall–Kier alpha value is -4.66. The minimum atomic E-state index is -1.08. The number of carbonyl (C=O) groups excluding carboxylic acids is 4. The molecule has 2 aliphatic rings. The molecule has 0 saturated heterocycles. The summed E-state index contributed by atoms with van der Waals surface area (Å²) in [7, 11) is 0. The third-order valence-corrected chi connectivity index (χ3v) is 5.62. The molecule has 5 rings (SSSR count). The fourth-order valence-electron chi connectivity index (χ4n) is 3.82. The number of amides is 3. The quantitative estimate of drug-likeness (QED) is 0.447. The van der Waals surface area contributed by atoms with Gasteiger partial charge < -0.3 is 19.5 Å². The van der Waals surface area contributed by atoms with Crippen molar-refractivity contribution in [2.45, 2.75) is 13.0 Å². The number of nitrogens with zero attached hydrogens (tertiary/aromatic N) is 1. The van der Waals surface area contributed by atoms with Crippen LogP contribution in [0, 0.1) is 0 Å². The smallest absolute Gasteiger partial charge is 0.338 e. The van der Waals surface area contributed by atoms with E-state index in [1.54, 1.807) is 42.5 Å². The van der Waals surface area contributed by atoms with E-state index in [9.17, 15) is 19.2 Å². The summed E-state index contributed by atoms with van der Waals surface area (Å²) in [5.41, 5.74) is 1.65. The maximum Gasteiger partial charge on any atom is 0.338 e. The van der Waals surface area contributed by atoms with E-state index in [4.69, 9.17) is 14.2 Å². The first-order valence-corrected chi connectivity index (χ1v) is 10.9. The number of benzene rings is 3. The monoisotopic (exact) mass is 472 g/mol. The van der Waals surface area contributed by atoms with Crippen molar-refractivity contribution in [2.75, 3.05) is 23.4 Å². The van der Waals surface area contributed by atoms with Gasteiger partial charge >= 0.3 is 5.97 Å². The molecule has 0 bridgehead atoms. The number of anilines is 2. The predicted molar refractivity (Wildman–Crippen MR) is 125 cm³/mol. The molecule has 0 aromatic heterocycles. The van der Waals surface area contributed by atoms with Crippen LogP contribution in [0.25, 0.3) is 0 Å². The molecule has 2 heterocycles. The van der Waals surface area contributed by atoms with E-state index in [1.165, 1.54) is 31.2 Å². The average molecular weight is 472 g/mol. The molecule has 0 fully saturated rings. The number of hydrogen-bond donors (Lipinski definition) is 1. The van der Waals surface area contributed by atoms with Crippen LogP contribution in [0.5, 0.6) is 11.5 Å². The molecule has 1 N–H and O–H groups in total. The van der Waals surface area contributed by atoms with E-state index < -0.39 is 29.8 Å². The second kappa shape index (κ2) is 8.94. The zero-order chi connectivity index (χ0) is 24.5. The lowest BCUT2D eigenvalue weighted by atomic mass is 10.1. The summed E-state index contributed by atoms with van der Waals surface area (Å²) >= 11 is 0. The summed E-state index contributed by atoms with van der Waals surface area (Å²) in [4.78, 5) is 51.4. The first-order chi connectivity index (χ1) is 16.9. The van der Waals surface area contributed by atoms with Crippen LogP contribution in [-0.4, -0.2) is 43.0 Å². The van der Waals surface area contributed by atoms with Crippen LogP contribution in [0.1, 0.15) is 38.0 Å². The fraction of sp³-hybridized carbons (Fsp3) is 0.154. The van der Waals surface area contributed by atoms with Crippen molar-refractivity contribution in [3.05, 3.63) is 83.4 Å². The molecule has 2 aliphatic heterocycles. The summed E-state index contributed by atoms with van der Waals surface area (Å²) < 4.78 is 16.2. The van der Waals surface area contributed by atoms with Crippen molar-refractivity contribution < 1.29 is 33.4 Å². The third-order valence-electron chi connectivity index (χ3n) is 5.62. The Morgan fingerprint density at radius 1 is 0.886 bits per heavy atom. The van der Waals surface area contributed by atoms with Gasteiger partial charge in [-0.15, -0.1) is 0 Å². The molecular formula is C26H20N2O7. The highest BCUT2D eigenvalue weighted by molar-refractivity contribution is 6.34. The number of hydrogen-bond acceptors (Lipinski definition) is 7. The molecular weight excluding hydrogens is 452 g/mol. The minimum Gasteiger partial charge on any atom is -0.486 e. The average Bonchev–Trinajstić information content (AvgIpc) is 3.14. The largest absolute Gasteiger partial charge is 0.486 e. The van der Waals surface area contributed by atoms with Crippen LogP contribution in [0.3, 0.4) is 0 Å². The van der Waals surface area contributed by atoms with Gasteiger partial charge in [-0.25, -0.2) is 9.69 Å². The Bertz CT molecular complexity index is 1320. The fourth-order valence-corrected chi connectivity index (χ4v) is 3.82. The lowest BCUT2D eigenvalue weighted by Crippen LogP contribution is -2.30. The number of fused-ring (bicyclic) bond motifs is 2. The van der Waals surface area contributed by atoms with E-state index >= 15 is 0 Å². The van der Waals surface area contributed by atoms with Crippen LogP contribution in [0.4, 0.5) is 11.4 Å². The van der Waals surface area contributed by atoms with E-state index in [1.807, 2.05) is 0 Å². The number of esters is 1. The highest BCUT2D eigenvalue weighted by Gasteiger charge is 2.36. The van der Waals surface area contributed by atoms with Crippen molar-refractivity contribution in [3.8, 4) is 11.5 Å². The van der Waals surface area contributed by atoms with Gasteiger partial charge in [-0.2, -0.15) is 0 Å². The molecule has 0 aliphatic carbocycles. The van der Waals surface area contributed by atoms with Crippen molar-refractivity contribution in [1.29, 1.82) is 0 Å². The Morgan fingerprint density at radius 3 is 2.17 bits per heavy atom. The molecule has 3 aromatic carbocycles. The van der Waals surface area contributed by atoms with Crippen molar-refractivity contribution in [3.63, 3.8) is 0 Å². The highest BCUT2D eigenvalue weighted by atomic mass is 16.6. The van der Waals surface area contributed by atoms with Gasteiger partial charge in [0.2, 0.25) is 0 Å². The molecule has 9 heteroatoms. The molecule has 3 aromatic rings. The van der Waals surface area contributed by atoms with Gasteiger partial charge in [-0.3, -0.25) is 14.4 Å². The second-order valence-corrected chi connectivity index (χ2v) is 7.93. The van der Waals surface area contributed by atoms with Crippen molar-refractivity contribution in [2.24, 2.45) is 0 Å².